The molecule has 4 rings (SSSR count). The Balaban J connectivity index is 1.33. The highest BCUT2D eigenvalue weighted by molar-refractivity contribution is 6.39. The number of aliphatic carboxylic acids is 1. The fourth-order valence-corrected chi connectivity index (χ4v) is 5.13. The first-order chi connectivity index (χ1) is 18.3. The van der Waals surface area contributed by atoms with Crippen LogP contribution in [0.5, 0.6) is 0 Å². The summed E-state index contributed by atoms with van der Waals surface area (Å²) in [6.07, 6.45) is 5.25. The fraction of sp³-hybridized carbons (Fsp3) is 0.286. The standard InChI is InChI=1S/C28H28Cl2N4O4/c29-21-7-4-8-22(30)25(21)27(36)34-23(28(37)38)15-17-10-12-19(13-11-17)33-26(35)18-5-3-6-20(16-18)32-24-9-1-2-14-31-24/h1-2,4,7-14,18,20,23H,3,5-6,15-16H2,(H,31,32)(H,33,35)(H,34,36)(H,37,38)/t18-,20-,23-/m0/s1. The second kappa shape index (κ2) is 12.8. The molecule has 1 saturated carbocycles. The van der Waals surface area contributed by atoms with Crippen molar-refractivity contribution >= 4 is 52.5 Å². The lowest BCUT2D eigenvalue weighted by molar-refractivity contribution is -0.139. The van der Waals surface area contributed by atoms with Gasteiger partial charge in [-0.25, -0.2) is 9.78 Å². The van der Waals surface area contributed by atoms with Gasteiger partial charge in [0.25, 0.3) is 5.91 Å². The number of carbonyl (C=O) groups is 3. The van der Waals surface area contributed by atoms with Crippen LogP contribution in [0.2, 0.25) is 10.0 Å². The third kappa shape index (κ3) is 7.24. The van der Waals surface area contributed by atoms with Gasteiger partial charge < -0.3 is 21.1 Å². The summed E-state index contributed by atoms with van der Waals surface area (Å²) in [5.74, 6) is -1.21. The van der Waals surface area contributed by atoms with Gasteiger partial charge in [0.1, 0.15) is 11.9 Å². The second-order valence-corrected chi connectivity index (χ2v) is 10.1. The van der Waals surface area contributed by atoms with Gasteiger partial charge in [-0.05, 0) is 61.2 Å². The zero-order chi connectivity index (χ0) is 27.1. The van der Waals surface area contributed by atoms with Gasteiger partial charge in [-0.15, -0.1) is 0 Å². The van der Waals surface area contributed by atoms with Crippen LogP contribution in [0, 0.1) is 5.92 Å². The molecule has 2 amide bonds. The first-order valence-electron chi connectivity index (χ1n) is 12.3. The number of benzene rings is 2. The summed E-state index contributed by atoms with van der Waals surface area (Å²) in [7, 11) is 0. The molecule has 0 radical (unpaired) electrons. The minimum absolute atomic E-state index is 0.0281. The molecule has 4 N–H and O–H groups in total. The Labute approximate surface area is 230 Å². The maximum atomic E-state index is 12.9. The van der Waals surface area contributed by atoms with Crippen molar-refractivity contribution in [2.45, 2.75) is 44.2 Å². The molecule has 1 aliphatic rings. The molecule has 1 fully saturated rings. The van der Waals surface area contributed by atoms with Crippen molar-refractivity contribution in [3.63, 3.8) is 0 Å². The lowest BCUT2D eigenvalue weighted by atomic mass is 9.85. The summed E-state index contributed by atoms with van der Waals surface area (Å²) in [5.41, 5.74) is 1.33. The summed E-state index contributed by atoms with van der Waals surface area (Å²) >= 11 is 12.1. The van der Waals surface area contributed by atoms with Gasteiger partial charge in [0, 0.05) is 30.3 Å². The van der Waals surface area contributed by atoms with Crippen LogP contribution in [0.3, 0.4) is 0 Å². The normalized spacial score (nSPS) is 17.7. The van der Waals surface area contributed by atoms with Crippen LogP contribution in [-0.2, 0) is 16.0 Å². The summed E-state index contributed by atoms with van der Waals surface area (Å²) in [6.45, 7) is 0. The number of nitrogens with zero attached hydrogens (tertiary/aromatic N) is 1. The number of nitrogens with one attached hydrogen (secondary N) is 3. The number of carboxylic acids is 1. The summed E-state index contributed by atoms with van der Waals surface area (Å²) in [6, 6.07) is 16.2. The van der Waals surface area contributed by atoms with E-state index >= 15 is 0 Å². The van der Waals surface area contributed by atoms with E-state index in [1.807, 2.05) is 18.2 Å². The Morgan fingerprint density at radius 1 is 0.974 bits per heavy atom. The van der Waals surface area contributed by atoms with Gasteiger partial charge in [-0.2, -0.15) is 0 Å². The molecule has 198 valence electrons. The number of hydrogen-bond acceptors (Lipinski definition) is 5. The molecule has 0 bridgehead atoms. The largest absolute Gasteiger partial charge is 0.480 e. The van der Waals surface area contributed by atoms with Crippen LogP contribution in [0.1, 0.15) is 41.6 Å². The van der Waals surface area contributed by atoms with Crippen molar-refractivity contribution in [3.05, 3.63) is 88.0 Å². The van der Waals surface area contributed by atoms with Crippen molar-refractivity contribution < 1.29 is 19.5 Å². The van der Waals surface area contributed by atoms with Crippen molar-refractivity contribution in [2.24, 2.45) is 5.92 Å². The SMILES string of the molecule is O=C(N[C@@H](Cc1ccc(NC(=O)[C@H]2CCC[C@H](Nc3ccccn3)C2)cc1)C(=O)O)c1c(Cl)cccc1Cl. The summed E-state index contributed by atoms with van der Waals surface area (Å²) in [5, 5.41) is 18.8. The number of hydrogen-bond donors (Lipinski definition) is 4. The van der Waals surface area contributed by atoms with E-state index in [0.29, 0.717) is 11.3 Å². The molecule has 0 aliphatic heterocycles. The molecule has 1 aliphatic carbocycles. The highest BCUT2D eigenvalue weighted by Gasteiger charge is 2.28. The maximum absolute atomic E-state index is 12.9. The number of carboxylic acid groups (broad SMARTS) is 1. The van der Waals surface area contributed by atoms with Gasteiger partial charge >= 0.3 is 5.97 Å². The molecule has 8 nitrogen and oxygen atoms in total. The Kier molecular flexibility index (Phi) is 9.20. The molecule has 38 heavy (non-hydrogen) atoms. The van der Waals surface area contributed by atoms with E-state index in [0.717, 1.165) is 31.5 Å². The van der Waals surface area contributed by atoms with E-state index in [1.165, 1.54) is 12.1 Å². The minimum atomic E-state index is -1.19. The highest BCUT2D eigenvalue weighted by Crippen LogP contribution is 2.28. The van der Waals surface area contributed by atoms with Gasteiger partial charge in [0.05, 0.1) is 15.6 Å². The van der Waals surface area contributed by atoms with Crippen LogP contribution >= 0.6 is 23.2 Å². The Hall–Kier alpha value is -3.62. The predicted octanol–water partition coefficient (Wildman–Crippen LogP) is 5.42. The van der Waals surface area contributed by atoms with E-state index in [4.69, 9.17) is 23.2 Å². The Morgan fingerprint density at radius 2 is 1.71 bits per heavy atom. The Bertz CT molecular complexity index is 1270. The lowest BCUT2D eigenvalue weighted by Gasteiger charge is -2.29. The average Bonchev–Trinajstić information content (AvgIpc) is 2.90. The molecule has 3 atom stereocenters. The van der Waals surface area contributed by atoms with E-state index < -0.39 is 17.9 Å². The van der Waals surface area contributed by atoms with Gasteiger partial charge in [0.15, 0.2) is 0 Å². The number of rotatable bonds is 9. The number of halogens is 2. The number of anilines is 2. The van der Waals surface area contributed by atoms with E-state index in [2.05, 4.69) is 20.9 Å². The number of carbonyl (C=O) groups excluding carboxylic acids is 2. The molecule has 0 saturated heterocycles. The van der Waals surface area contributed by atoms with Gasteiger partial charge in [-0.3, -0.25) is 9.59 Å². The molecule has 2 aromatic carbocycles. The van der Waals surface area contributed by atoms with Crippen molar-refractivity contribution in [1.29, 1.82) is 0 Å². The molecular formula is C28H28Cl2N4O4. The number of aromatic nitrogens is 1. The zero-order valence-electron chi connectivity index (χ0n) is 20.5. The third-order valence-corrected chi connectivity index (χ3v) is 7.15. The third-order valence-electron chi connectivity index (χ3n) is 6.52. The zero-order valence-corrected chi connectivity index (χ0v) is 22.0. The van der Waals surface area contributed by atoms with E-state index in [1.54, 1.807) is 36.5 Å². The van der Waals surface area contributed by atoms with E-state index in [-0.39, 0.29) is 39.9 Å². The molecule has 0 spiro atoms. The first-order valence-corrected chi connectivity index (χ1v) is 13.1. The smallest absolute Gasteiger partial charge is 0.326 e. The van der Waals surface area contributed by atoms with Crippen molar-refractivity contribution in [3.8, 4) is 0 Å². The van der Waals surface area contributed by atoms with Crippen molar-refractivity contribution in [1.82, 2.24) is 10.3 Å². The monoisotopic (exact) mass is 554 g/mol. The number of amides is 2. The van der Waals surface area contributed by atoms with Crippen LogP contribution in [-0.4, -0.2) is 40.0 Å². The Morgan fingerprint density at radius 3 is 2.37 bits per heavy atom. The minimum Gasteiger partial charge on any atom is -0.480 e. The van der Waals surface area contributed by atoms with Crippen LogP contribution in [0.4, 0.5) is 11.5 Å². The van der Waals surface area contributed by atoms with Crippen LogP contribution in [0.15, 0.2) is 66.9 Å². The second-order valence-electron chi connectivity index (χ2n) is 9.27. The molecular weight excluding hydrogens is 527 g/mol. The van der Waals surface area contributed by atoms with E-state index in [9.17, 15) is 19.5 Å². The van der Waals surface area contributed by atoms with Gasteiger partial charge in [-0.1, -0.05) is 53.9 Å². The highest BCUT2D eigenvalue weighted by atomic mass is 35.5. The maximum Gasteiger partial charge on any atom is 0.326 e. The van der Waals surface area contributed by atoms with Crippen LogP contribution in [0.25, 0.3) is 0 Å². The first kappa shape index (κ1) is 27.4. The van der Waals surface area contributed by atoms with Gasteiger partial charge in [0.2, 0.25) is 5.91 Å². The quantitative estimate of drug-likeness (QED) is 0.280. The predicted molar refractivity (Wildman–Crippen MR) is 148 cm³/mol. The fourth-order valence-electron chi connectivity index (χ4n) is 4.57. The molecule has 1 aromatic heterocycles. The average molecular weight is 555 g/mol. The summed E-state index contributed by atoms with van der Waals surface area (Å²) < 4.78 is 0. The summed E-state index contributed by atoms with van der Waals surface area (Å²) in [4.78, 5) is 41.7. The van der Waals surface area contributed by atoms with Crippen molar-refractivity contribution in [2.75, 3.05) is 10.6 Å². The lowest BCUT2D eigenvalue weighted by Crippen LogP contribution is -2.42. The number of pyridine rings is 1. The molecule has 0 unspecified atom stereocenters. The molecule has 1 heterocycles. The van der Waals surface area contributed by atoms with Crippen LogP contribution < -0.4 is 16.0 Å². The molecule has 10 heteroatoms. The molecule has 3 aromatic rings. The topological polar surface area (TPSA) is 120 Å².